The zero-order valence-electron chi connectivity index (χ0n) is 12.5. The van der Waals surface area contributed by atoms with E-state index in [1.807, 2.05) is 13.0 Å². The molecule has 0 bridgehead atoms. The van der Waals surface area contributed by atoms with Crippen LogP contribution in [0.1, 0.15) is 33.6 Å². The van der Waals surface area contributed by atoms with Crippen molar-refractivity contribution < 1.29 is 9.53 Å². The van der Waals surface area contributed by atoms with Gasteiger partial charge >= 0.3 is 5.97 Å². The van der Waals surface area contributed by atoms with Crippen molar-refractivity contribution in [2.75, 3.05) is 33.8 Å². The minimum atomic E-state index is -0.223. The Morgan fingerprint density at radius 3 is 2.61 bits per heavy atom. The van der Waals surface area contributed by atoms with Crippen LogP contribution < -0.4 is 5.32 Å². The summed E-state index contributed by atoms with van der Waals surface area (Å²) in [6, 6.07) is 0.593. The maximum Gasteiger partial charge on any atom is 0.333 e. The van der Waals surface area contributed by atoms with Gasteiger partial charge in [-0.25, -0.2) is 4.79 Å². The fraction of sp³-hybridized carbons (Fsp3) is 0.786. The lowest BCUT2D eigenvalue weighted by Gasteiger charge is -2.20. The van der Waals surface area contributed by atoms with Gasteiger partial charge in [0.25, 0.3) is 0 Å². The monoisotopic (exact) mass is 256 g/mol. The molecule has 18 heavy (non-hydrogen) atoms. The van der Waals surface area contributed by atoms with Crippen LogP contribution in [-0.4, -0.2) is 50.7 Å². The number of methoxy groups -OCH3 is 1. The highest BCUT2D eigenvalue weighted by molar-refractivity contribution is 5.88. The van der Waals surface area contributed by atoms with Gasteiger partial charge in [0.2, 0.25) is 0 Å². The summed E-state index contributed by atoms with van der Waals surface area (Å²) in [4.78, 5) is 13.6. The van der Waals surface area contributed by atoms with Gasteiger partial charge in [-0.2, -0.15) is 0 Å². The predicted octanol–water partition coefficient (Wildman–Crippen LogP) is 1.82. The number of rotatable bonds is 9. The molecule has 4 heteroatoms. The molecule has 0 radical (unpaired) electrons. The highest BCUT2D eigenvalue weighted by Crippen LogP contribution is 2.01. The van der Waals surface area contributed by atoms with Crippen LogP contribution in [0.3, 0.4) is 0 Å². The number of ether oxygens (including phenoxy) is 1. The van der Waals surface area contributed by atoms with Crippen LogP contribution in [0, 0.1) is 0 Å². The molecule has 0 unspecified atom stereocenters. The van der Waals surface area contributed by atoms with Crippen molar-refractivity contribution in [1.82, 2.24) is 10.2 Å². The van der Waals surface area contributed by atoms with Gasteiger partial charge < -0.3 is 15.0 Å². The molecule has 0 fully saturated rings. The van der Waals surface area contributed by atoms with E-state index in [-0.39, 0.29) is 5.97 Å². The molecule has 0 saturated carbocycles. The summed E-state index contributed by atoms with van der Waals surface area (Å²) in [7, 11) is 3.55. The van der Waals surface area contributed by atoms with Crippen molar-refractivity contribution in [1.29, 1.82) is 0 Å². The molecule has 0 aromatic rings. The third kappa shape index (κ3) is 7.45. The summed E-state index contributed by atoms with van der Waals surface area (Å²) >= 11 is 0. The van der Waals surface area contributed by atoms with E-state index in [0.29, 0.717) is 12.5 Å². The van der Waals surface area contributed by atoms with E-state index in [9.17, 15) is 4.79 Å². The molecule has 0 spiro atoms. The highest BCUT2D eigenvalue weighted by atomic mass is 16.5. The van der Waals surface area contributed by atoms with E-state index in [1.165, 1.54) is 7.11 Å². The van der Waals surface area contributed by atoms with E-state index in [1.54, 1.807) is 0 Å². The average molecular weight is 256 g/mol. The van der Waals surface area contributed by atoms with E-state index in [0.717, 1.165) is 31.6 Å². The first kappa shape index (κ1) is 17.1. The number of esters is 1. The summed E-state index contributed by atoms with van der Waals surface area (Å²) in [5.41, 5.74) is 0.740. The Balaban J connectivity index is 3.72. The van der Waals surface area contributed by atoms with Gasteiger partial charge in [-0.1, -0.05) is 13.0 Å². The first-order chi connectivity index (χ1) is 8.52. The first-order valence-electron chi connectivity index (χ1n) is 6.71. The van der Waals surface area contributed by atoms with Crippen LogP contribution >= 0.6 is 0 Å². The van der Waals surface area contributed by atoms with Crippen LogP contribution in [0.5, 0.6) is 0 Å². The molecule has 0 atom stereocenters. The third-order valence-corrected chi connectivity index (χ3v) is 3.07. The van der Waals surface area contributed by atoms with Crippen LogP contribution in [-0.2, 0) is 9.53 Å². The Kier molecular flexibility index (Phi) is 9.60. The lowest BCUT2D eigenvalue weighted by atomic mass is 10.2. The third-order valence-electron chi connectivity index (χ3n) is 3.07. The molecule has 0 rings (SSSR count). The normalized spacial score (nSPS) is 12.3. The number of hydrogen-bond donors (Lipinski definition) is 1. The van der Waals surface area contributed by atoms with Crippen LogP contribution in [0.2, 0.25) is 0 Å². The van der Waals surface area contributed by atoms with Gasteiger partial charge in [-0.3, -0.25) is 0 Å². The van der Waals surface area contributed by atoms with Crippen LogP contribution in [0.25, 0.3) is 0 Å². The topological polar surface area (TPSA) is 41.6 Å². The van der Waals surface area contributed by atoms with Crippen molar-refractivity contribution in [3.63, 3.8) is 0 Å². The molecule has 0 aliphatic rings. The average Bonchev–Trinajstić information content (AvgIpc) is 2.36. The number of carbonyl (C=O) groups excluding carboxylic acids is 1. The summed E-state index contributed by atoms with van der Waals surface area (Å²) in [6.07, 6.45) is 3.74. The minimum Gasteiger partial charge on any atom is -0.466 e. The predicted molar refractivity (Wildman–Crippen MR) is 75.6 cm³/mol. The number of carbonyl (C=O) groups is 1. The summed E-state index contributed by atoms with van der Waals surface area (Å²) in [6.45, 7) is 9.13. The lowest BCUT2D eigenvalue weighted by molar-refractivity contribution is -0.136. The van der Waals surface area contributed by atoms with Crippen molar-refractivity contribution >= 4 is 5.97 Å². The molecule has 0 amide bonds. The largest absolute Gasteiger partial charge is 0.466 e. The summed E-state index contributed by atoms with van der Waals surface area (Å²) in [5.74, 6) is -0.223. The Hall–Kier alpha value is -0.870. The fourth-order valence-corrected chi connectivity index (χ4v) is 1.51. The van der Waals surface area contributed by atoms with E-state index in [2.05, 4.69) is 31.1 Å². The zero-order valence-corrected chi connectivity index (χ0v) is 12.5. The van der Waals surface area contributed by atoms with Crippen LogP contribution in [0.4, 0.5) is 0 Å². The number of nitrogens with zero attached hydrogens (tertiary/aromatic N) is 1. The standard InChI is InChI=1S/C14H28N2O2/c1-6-13(14(17)18-5)8-10-15-9-7-11-16(4)12(2)3/h8,12,15H,6-7,9-11H2,1-5H3. The molecule has 0 saturated heterocycles. The van der Waals surface area contributed by atoms with E-state index < -0.39 is 0 Å². The summed E-state index contributed by atoms with van der Waals surface area (Å²) in [5, 5.41) is 3.31. The van der Waals surface area contributed by atoms with E-state index in [4.69, 9.17) is 4.74 Å². The zero-order chi connectivity index (χ0) is 14.0. The second-order valence-corrected chi connectivity index (χ2v) is 4.71. The second kappa shape index (κ2) is 10.1. The van der Waals surface area contributed by atoms with Gasteiger partial charge in [0.1, 0.15) is 0 Å². The smallest absolute Gasteiger partial charge is 0.333 e. The number of hydrogen-bond acceptors (Lipinski definition) is 4. The lowest BCUT2D eigenvalue weighted by Crippen LogP contribution is -2.29. The van der Waals surface area contributed by atoms with Crippen molar-refractivity contribution in [2.45, 2.75) is 39.7 Å². The van der Waals surface area contributed by atoms with Crippen LogP contribution in [0.15, 0.2) is 11.6 Å². The molecular formula is C14H28N2O2. The molecule has 4 nitrogen and oxygen atoms in total. The Bertz CT molecular complexity index is 263. The molecular weight excluding hydrogens is 228 g/mol. The molecule has 0 aromatic carbocycles. The molecule has 1 N–H and O–H groups in total. The van der Waals surface area contributed by atoms with E-state index >= 15 is 0 Å². The highest BCUT2D eigenvalue weighted by Gasteiger charge is 2.05. The maximum atomic E-state index is 11.3. The van der Waals surface area contributed by atoms with Crippen molar-refractivity contribution in [3.05, 3.63) is 11.6 Å². The Morgan fingerprint density at radius 1 is 1.44 bits per heavy atom. The Morgan fingerprint density at radius 2 is 2.11 bits per heavy atom. The maximum absolute atomic E-state index is 11.3. The van der Waals surface area contributed by atoms with Gasteiger partial charge in [-0.05, 0) is 46.8 Å². The van der Waals surface area contributed by atoms with Gasteiger partial charge in [0.15, 0.2) is 0 Å². The SMILES string of the molecule is CCC(=CCNCCCN(C)C(C)C)C(=O)OC. The summed E-state index contributed by atoms with van der Waals surface area (Å²) < 4.78 is 4.70. The number of nitrogens with one attached hydrogen (secondary N) is 1. The fourth-order valence-electron chi connectivity index (χ4n) is 1.51. The molecule has 0 heterocycles. The van der Waals surface area contributed by atoms with Gasteiger partial charge in [-0.15, -0.1) is 0 Å². The minimum absolute atomic E-state index is 0.223. The van der Waals surface area contributed by atoms with Crippen molar-refractivity contribution in [3.8, 4) is 0 Å². The molecule has 0 aliphatic carbocycles. The molecule has 106 valence electrons. The van der Waals surface area contributed by atoms with Gasteiger partial charge in [0, 0.05) is 18.2 Å². The molecule has 0 aromatic heterocycles. The quantitative estimate of drug-likeness (QED) is 0.388. The van der Waals surface area contributed by atoms with Crippen molar-refractivity contribution in [2.24, 2.45) is 0 Å². The first-order valence-corrected chi connectivity index (χ1v) is 6.71. The Labute approximate surface area is 111 Å². The molecule has 0 aliphatic heterocycles. The van der Waals surface area contributed by atoms with Gasteiger partial charge in [0.05, 0.1) is 7.11 Å². The second-order valence-electron chi connectivity index (χ2n) is 4.71.